The number of nitrogens with zero attached hydrogens (tertiary/aromatic N) is 2. The first kappa shape index (κ1) is 15.3. The Bertz CT molecular complexity index is 1080. The largest absolute Gasteiger partial charge is 0.345 e. The summed E-state index contributed by atoms with van der Waals surface area (Å²) >= 11 is 0. The van der Waals surface area contributed by atoms with Crippen molar-refractivity contribution in [2.45, 2.75) is 30.7 Å². The number of nitrogens with one attached hydrogen (secondary N) is 2. The summed E-state index contributed by atoms with van der Waals surface area (Å²) in [6.07, 6.45) is 4.33. The number of benzene rings is 2. The van der Waals surface area contributed by atoms with E-state index >= 15 is 0 Å². The molecule has 2 N–H and O–H groups in total. The van der Waals surface area contributed by atoms with Gasteiger partial charge in [-0.15, -0.1) is 0 Å². The SMILES string of the molecule is N#Cc1ccc2c(c1)C1CCCNC1(C(=O)c1ccc3nc[nH]c3c1)C2. The molecule has 2 atom stereocenters. The fourth-order valence-corrected chi connectivity index (χ4v) is 4.70. The Hall–Kier alpha value is -2.97. The normalized spacial score (nSPS) is 24.0. The number of H-pyrrole nitrogens is 1. The summed E-state index contributed by atoms with van der Waals surface area (Å²) in [6, 6.07) is 13.7. The third-order valence-electron chi connectivity index (χ3n) is 5.91. The average molecular weight is 342 g/mol. The topological polar surface area (TPSA) is 81.6 Å². The number of aromatic amines is 1. The third kappa shape index (κ3) is 2.06. The molecule has 5 heteroatoms. The van der Waals surface area contributed by atoms with E-state index in [0.717, 1.165) is 36.0 Å². The summed E-state index contributed by atoms with van der Waals surface area (Å²) in [6.45, 7) is 0.841. The van der Waals surface area contributed by atoms with Gasteiger partial charge in [-0.1, -0.05) is 6.07 Å². The highest BCUT2D eigenvalue weighted by Gasteiger charge is 2.52. The lowest BCUT2D eigenvalue weighted by Gasteiger charge is -2.39. The van der Waals surface area contributed by atoms with Crippen LogP contribution in [0.2, 0.25) is 0 Å². The lowest BCUT2D eigenvalue weighted by molar-refractivity contribution is 0.0796. The standard InChI is InChI=1S/C21H18N4O/c22-11-13-3-4-15-10-21(17(16(15)8-13)2-1-7-25-21)20(26)14-5-6-18-19(9-14)24-12-23-18/h3-6,8-9,12,17,25H,1-2,7,10H2,(H,23,24). The molecule has 2 aliphatic rings. The van der Waals surface area contributed by atoms with Gasteiger partial charge in [0.2, 0.25) is 0 Å². The van der Waals surface area contributed by atoms with Crippen molar-refractivity contribution in [1.29, 1.82) is 5.26 Å². The fourth-order valence-electron chi connectivity index (χ4n) is 4.70. The number of nitriles is 1. The fraction of sp³-hybridized carbons (Fsp3) is 0.286. The van der Waals surface area contributed by atoms with E-state index in [1.807, 2.05) is 36.4 Å². The number of hydrogen-bond donors (Lipinski definition) is 2. The molecule has 1 fully saturated rings. The lowest BCUT2D eigenvalue weighted by Crippen LogP contribution is -2.58. The van der Waals surface area contributed by atoms with Crippen molar-refractivity contribution in [3.8, 4) is 6.07 Å². The number of aromatic nitrogens is 2. The molecule has 26 heavy (non-hydrogen) atoms. The van der Waals surface area contributed by atoms with Crippen molar-refractivity contribution in [3.63, 3.8) is 0 Å². The van der Waals surface area contributed by atoms with Gasteiger partial charge in [0.1, 0.15) is 0 Å². The van der Waals surface area contributed by atoms with Crippen molar-refractivity contribution in [1.82, 2.24) is 15.3 Å². The Morgan fingerprint density at radius 2 is 2.19 bits per heavy atom. The highest BCUT2D eigenvalue weighted by atomic mass is 16.1. The molecule has 0 amide bonds. The van der Waals surface area contributed by atoms with Gasteiger partial charge >= 0.3 is 0 Å². The van der Waals surface area contributed by atoms with Crippen molar-refractivity contribution < 1.29 is 4.79 Å². The molecule has 0 radical (unpaired) electrons. The minimum Gasteiger partial charge on any atom is -0.345 e. The predicted molar refractivity (Wildman–Crippen MR) is 98.0 cm³/mol. The van der Waals surface area contributed by atoms with E-state index < -0.39 is 5.54 Å². The van der Waals surface area contributed by atoms with Gasteiger partial charge < -0.3 is 10.3 Å². The Morgan fingerprint density at radius 3 is 3.08 bits per heavy atom. The maximum atomic E-state index is 13.6. The molecule has 0 bridgehead atoms. The molecule has 1 aromatic heterocycles. The Kier molecular flexibility index (Phi) is 3.25. The minimum absolute atomic E-state index is 0.115. The van der Waals surface area contributed by atoms with E-state index in [2.05, 4.69) is 21.4 Å². The Morgan fingerprint density at radius 1 is 1.27 bits per heavy atom. The van der Waals surface area contributed by atoms with E-state index in [1.165, 1.54) is 5.56 Å². The molecule has 0 saturated carbocycles. The summed E-state index contributed by atoms with van der Waals surface area (Å²) in [5.74, 6) is 0.248. The number of fused-ring (bicyclic) bond motifs is 4. The highest BCUT2D eigenvalue weighted by molar-refractivity contribution is 6.06. The van der Waals surface area contributed by atoms with Gasteiger partial charge in [0, 0.05) is 11.5 Å². The number of imidazole rings is 1. The monoisotopic (exact) mass is 342 g/mol. The van der Waals surface area contributed by atoms with Gasteiger partial charge in [-0.05, 0) is 67.3 Å². The first-order valence-electron chi connectivity index (χ1n) is 8.97. The molecule has 0 spiro atoms. The van der Waals surface area contributed by atoms with Crippen molar-refractivity contribution in [3.05, 3.63) is 65.0 Å². The van der Waals surface area contributed by atoms with Crippen LogP contribution in [0.5, 0.6) is 0 Å². The average Bonchev–Trinajstić information content (AvgIpc) is 3.28. The Labute approximate surface area is 151 Å². The smallest absolute Gasteiger partial charge is 0.183 e. The first-order chi connectivity index (χ1) is 12.7. The van der Waals surface area contributed by atoms with Gasteiger partial charge in [0.05, 0.1) is 34.5 Å². The van der Waals surface area contributed by atoms with Crippen LogP contribution >= 0.6 is 0 Å². The molecule has 2 aromatic carbocycles. The molecule has 1 saturated heterocycles. The number of carbonyl (C=O) groups is 1. The second-order valence-electron chi connectivity index (χ2n) is 7.26. The van der Waals surface area contributed by atoms with E-state index in [1.54, 1.807) is 6.33 Å². The summed E-state index contributed by atoms with van der Waals surface area (Å²) in [5.41, 5.74) is 4.84. The Balaban J connectivity index is 1.61. The molecule has 2 unspecified atom stereocenters. The summed E-state index contributed by atoms with van der Waals surface area (Å²) < 4.78 is 0. The van der Waals surface area contributed by atoms with Crippen LogP contribution in [0.15, 0.2) is 42.7 Å². The number of hydrogen-bond acceptors (Lipinski definition) is 4. The van der Waals surface area contributed by atoms with Crippen LogP contribution < -0.4 is 5.32 Å². The maximum absolute atomic E-state index is 13.6. The number of ketones is 1. The maximum Gasteiger partial charge on any atom is 0.183 e. The zero-order valence-corrected chi connectivity index (χ0v) is 14.2. The van der Waals surface area contributed by atoms with Gasteiger partial charge in [-0.3, -0.25) is 4.79 Å². The summed E-state index contributed by atoms with van der Waals surface area (Å²) in [5, 5.41) is 12.8. The molecule has 128 valence electrons. The van der Waals surface area contributed by atoms with E-state index in [-0.39, 0.29) is 11.7 Å². The molecule has 2 heterocycles. The zero-order chi connectivity index (χ0) is 17.7. The number of Topliss-reactive ketones (excluding diaryl/α,β-unsaturated/α-hetero) is 1. The van der Waals surface area contributed by atoms with Crippen LogP contribution in [0.1, 0.15) is 45.8 Å². The number of carbonyl (C=O) groups excluding carboxylic acids is 1. The van der Waals surface area contributed by atoms with Crippen LogP contribution in [0.3, 0.4) is 0 Å². The summed E-state index contributed by atoms with van der Waals surface area (Å²) in [7, 11) is 0. The molecule has 1 aliphatic heterocycles. The van der Waals surface area contributed by atoms with Crippen molar-refractivity contribution in [2.75, 3.05) is 6.54 Å². The molecular formula is C21H18N4O. The van der Waals surface area contributed by atoms with Crippen LogP contribution in [0, 0.1) is 11.3 Å². The minimum atomic E-state index is -0.609. The number of piperidine rings is 1. The molecule has 5 rings (SSSR count). The van der Waals surface area contributed by atoms with Gasteiger partial charge in [-0.2, -0.15) is 5.26 Å². The highest BCUT2D eigenvalue weighted by Crippen LogP contribution is 2.47. The molecule has 1 aliphatic carbocycles. The predicted octanol–water partition coefficient (Wildman–Crippen LogP) is 3.08. The zero-order valence-electron chi connectivity index (χ0n) is 14.2. The quantitative estimate of drug-likeness (QED) is 0.701. The van der Waals surface area contributed by atoms with Crippen molar-refractivity contribution >= 4 is 16.8 Å². The van der Waals surface area contributed by atoms with Gasteiger partial charge in [0.25, 0.3) is 0 Å². The van der Waals surface area contributed by atoms with Crippen LogP contribution in [-0.4, -0.2) is 27.8 Å². The molecule has 5 nitrogen and oxygen atoms in total. The van der Waals surface area contributed by atoms with E-state index in [4.69, 9.17) is 0 Å². The van der Waals surface area contributed by atoms with Gasteiger partial charge in [-0.25, -0.2) is 4.98 Å². The number of rotatable bonds is 2. The van der Waals surface area contributed by atoms with Crippen LogP contribution in [-0.2, 0) is 6.42 Å². The lowest BCUT2D eigenvalue weighted by atomic mass is 9.74. The van der Waals surface area contributed by atoms with E-state index in [9.17, 15) is 10.1 Å². The third-order valence-corrected chi connectivity index (χ3v) is 5.91. The molecule has 3 aromatic rings. The van der Waals surface area contributed by atoms with Crippen LogP contribution in [0.25, 0.3) is 11.0 Å². The van der Waals surface area contributed by atoms with Crippen LogP contribution in [0.4, 0.5) is 0 Å². The molecular weight excluding hydrogens is 324 g/mol. The second-order valence-corrected chi connectivity index (χ2v) is 7.26. The summed E-state index contributed by atoms with van der Waals surface area (Å²) in [4.78, 5) is 21.0. The second kappa shape index (κ2) is 5.52. The first-order valence-corrected chi connectivity index (χ1v) is 8.97. The van der Waals surface area contributed by atoms with Gasteiger partial charge in [0.15, 0.2) is 5.78 Å². The van der Waals surface area contributed by atoms with E-state index in [0.29, 0.717) is 17.5 Å². The van der Waals surface area contributed by atoms with Crippen molar-refractivity contribution in [2.24, 2.45) is 0 Å².